The summed E-state index contributed by atoms with van der Waals surface area (Å²) >= 11 is 11.9. The van der Waals surface area contributed by atoms with E-state index in [0.717, 1.165) is 16.3 Å². The van der Waals surface area contributed by atoms with E-state index in [1.54, 1.807) is 12.1 Å². The third-order valence-corrected chi connectivity index (χ3v) is 4.23. The molecule has 0 atom stereocenters. The lowest BCUT2D eigenvalue weighted by Gasteiger charge is -2.07. The van der Waals surface area contributed by atoms with Gasteiger partial charge in [0.25, 0.3) is 5.91 Å². The molecule has 3 aromatic rings. The van der Waals surface area contributed by atoms with E-state index in [2.05, 4.69) is 10.5 Å². The highest BCUT2D eigenvalue weighted by atomic mass is 35.5. The number of rotatable bonds is 3. The summed E-state index contributed by atoms with van der Waals surface area (Å²) in [6.07, 6.45) is 0. The van der Waals surface area contributed by atoms with Crippen LogP contribution >= 0.6 is 23.2 Å². The molecule has 0 saturated heterocycles. The van der Waals surface area contributed by atoms with E-state index in [0.29, 0.717) is 16.3 Å². The van der Waals surface area contributed by atoms with Crippen LogP contribution in [-0.2, 0) is 0 Å². The number of fused-ring (bicyclic) bond motifs is 1. The van der Waals surface area contributed by atoms with Gasteiger partial charge < -0.3 is 0 Å². The van der Waals surface area contributed by atoms with Crippen LogP contribution in [0.5, 0.6) is 0 Å². The predicted molar refractivity (Wildman–Crippen MR) is 100 cm³/mol. The molecule has 5 heteroatoms. The minimum Gasteiger partial charge on any atom is -0.267 e. The van der Waals surface area contributed by atoms with Crippen LogP contribution in [0.2, 0.25) is 10.0 Å². The average Bonchev–Trinajstić information content (AvgIpc) is 2.59. The minimum atomic E-state index is -0.378. The van der Waals surface area contributed by atoms with Gasteiger partial charge in [-0.3, -0.25) is 4.79 Å². The lowest BCUT2D eigenvalue weighted by molar-refractivity contribution is 0.0955. The van der Waals surface area contributed by atoms with Gasteiger partial charge in [-0.2, -0.15) is 5.10 Å². The third-order valence-electron chi connectivity index (χ3n) is 3.68. The number of halogens is 2. The largest absolute Gasteiger partial charge is 0.272 e. The van der Waals surface area contributed by atoms with Gasteiger partial charge in [0.05, 0.1) is 16.3 Å². The van der Waals surface area contributed by atoms with Crippen LogP contribution < -0.4 is 5.43 Å². The number of hydrogen-bond donors (Lipinski definition) is 1. The van der Waals surface area contributed by atoms with Crippen LogP contribution in [0.1, 0.15) is 22.8 Å². The van der Waals surface area contributed by atoms with Crippen molar-refractivity contribution in [2.24, 2.45) is 5.10 Å². The third kappa shape index (κ3) is 3.42. The Labute approximate surface area is 149 Å². The van der Waals surface area contributed by atoms with Gasteiger partial charge in [-0.25, -0.2) is 5.43 Å². The molecular formula is C19H14Cl2N2O. The molecule has 0 spiro atoms. The van der Waals surface area contributed by atoms with Crippen LogP contribution in [0.4, 0.5) is 0 Å². The second-order valence-electron chi connectivity index (χ2n) is 5.29. The summed E-state index contributed by atoms with van der Waals surface area (Å²) < 4.78 is 0. The summed E-state index contributed by atoms with van der Waals surface area (Å²) in [4.78, 5) is 12.2. The molecule has 0 radical (unpaired) electrons. The van der Waals surface area contributed by atoms with Gasteiger partial charge in [-0.1, -0.05) is 65.7 Å². The van der Waals surface area contributed by atoms with Crippen molar-refractivity contribution >= 4 is 45.6 Å². The fraction of sp³-hybridized carbons (Fsp3) is 0.0526. The second kappa shape index (κ2) is 7.04. The fourth-order valence-electron chi connectivity index (χ4n) is 2.47. The van der Waals surface area contributed by atoms with E-state index in [1.165, 1.54) is 6.07 Å². The summed E-state index contributed by atoms with van der Waals surface area (Å²) in [5.41, 5.74) is 4.55. The Balaban J connectivity index is 1.87. The Morgan fingerprint density at radius 1 is 0.958 bits per heavy atom. The molecular weight excluding hydrogens is 343 g/mol. The van der Waals surface area contributed by atoms with Crippen molar-refractivity contribution in [1.82, 2.24) is 5.43 Å². The van der Waals surface area contributed by atoms with Gasteiger partial charge in [0.15, 0.2) is 0 Å². The summed E-state index contributed by atoms with van der Waals surface area (Å²) in [5, 5.41) is 7.18. The number of carbonyl (C=O) groups excluding carboxylic acids is 1. The number of benzene rings is 3. The van der Waals surface area contributed by atoms with E-state index in [9.17, 15) is 4.79 Å². The Kier molecular flexibility index (Phi) is 4.84. The molecule has 0 aromatic heterocycles. The summed E-state index contributed by atoms with van der Waals surface area (Å²) in [6.45, 7) is 1.85. The van der Waals surface area contributed by atoms with Crippen LogP contribution in [0, 0.1) is 0 Å². The van der Waals surface area contributed by atoms with Crippen molar-refractivity contribution < 1.29 is 4.79 Å². The average molecular weight is 357 g/mol. The van der Waals surface area contributed by atoms with Gasteiger partial charge in [0.1, 0.15) is 0 Å². The maximum atomic E-state index is 12.2. The number of amides is 1. The zero-order valence-electron chi connectivity index (χ0n) is 12.9. The van der Waals surface area contributed by atoms with Crippen molar-refractivity contribution in [3.8, 4) is 0 Å². The lowest BCUT2D eigenvalue weighted by atomic mass is 10.0. The van der Waals surface area contributed by atoms with Crippen molar-refractivity contribution in [3.05, 3.63) is 81.8 Å². The quantitative estimate of drug-likeness (QED) is 0.502. The molecule has 0 saturated carbocycles. The van der Waals surface area contributed by atoms with E-state index in [-0.39, 0.29) is 10.9 Å². The molecule has 0 aliphatic carbocycles. The first-order chi connectivity index (χ1) is 11.6. The highest BCUT2D eigenvalue weighted by Gasteiger charge is 2.10. The fourth-order valence-corrected chi connectivity index (χ4v) is 2.96. The number of nitrogens with one attached hydrogen (secondary N) is 1. The summed E-state index contributed by atoms with van der Waals surface area (Å²) in [7, 11) is 0. The molecule has 24 heavy (non-hydrogen) atoms. The first-order valence-corrected chi connectivity index (χ1v) is 8.09. The maximum absolute atomic E-state index is 12.2. The van der Waals surface area contributed by atoms with Gasteiger partial charge in [-0.05, 0) is 35.9 Å². The molecule has 3 nitrogen and oxygen atoms in total. The van der Waals surface area contributed by atoms with Crippen molar-refractivity contribution in [1.29, 1.82) is 0 Å². The minimum absolute atomic E-state index is 0.290. The first kappa shape index (κ1) is 16.5. The van der Waals surface area contributed by atoms with Gasteiger partial charge >= 0.3 is 0 Å². The number of nitrogens with zero attached hydrogens (tertiary/aromatic N) is 1. The first-order valence-electron chi connectivity index (χ1n) is 7.34. The molecule has 120 valence electrons. The van der Waals surface area contributed by atoms with Gasteiger partial charge in [0.2, 0.25) is 0 Å². The smallest absolute Gasteiger partial charge is 0.267 e. The molecule has 0 fully saturated rings. The van der Waals surface area contributed by atoms with E-state index in [4.69, 9.17) is 23.2 Å². The summed E-state index contributed by atoms with van der Waals surface area (Å²) in [5.74, 6) is -0.378. The highest BCUT2D eigenvalue weighted by Crippen LogP contribution is 2.21. The standard InChI is InChI=1S/C19H14Cl2N2O/c1-12(15-8-4-6-13-5-2-3-7-16(13)15)22-23-19(24)17-10-9-14(20)11-18(17)21/h2-11H,1H3,(H,23,24)/b22-12-. The second-order valence-corrected chi connectivity index (χ2v) is 6.13. The Hall–Kier alpha value is -2.36. The highest BCUT2D eigenvalue weighted by molar-refractivity contribution is 6.36. The molecule has 3 rings (SSSR count). The zero-order chi connectivity index (χ0) is 17.1. The topological polar surface area (TPSA) is 41.5 Å². The molecule has 0 aliphatic heterocycles. The number of hydrazone groups is 1. The monoisotopic (exact) mass is 356 g/mol. The number of hydrogen-bond acceptors (Lipinski definition) is 2. The Bertz CT molecular complexity index is 946. The van der Waals surface area contributed by atoms with Crippen LogP contribution in [0.3, 0.4) is 0 Å². The molecule has 0 aliphatic rings. The van der Waals surface area contributed by atoms with E-state index in [1.807, 2.05) is 49.4 Å². The maximum Gasteiger partial charge on any atom is 0.272 e. The van der Waals surface area contributed by atoms with Gasteiger partial charge in [0, 0.05) is 10.6 Å². The lowest BCUT2D eigenvalue weighted by Crippen LogP contribution is -2.19. The van der Waals surface area contributed by atoms with Crippen LogP contribution in [0.15, 0.2) is 65.8 Å². The molecule has 3 aromatic carbocycles. The van der Waals surface area contributed by atoms with Crippen molar-refractivity contribution in [2.75, 3.05) is 0 Å². The SMILES string of the molecule is C/C(=N/NC(=O)c1ccc(Cl)cc1Cl)c1cccc2ccccc12. The summed E-state index contributed by atoms with van der Waals surface area (Å²) in [6, 6.07) is 18.7. The predicted octanol–water partition coefficient (Wildman–Crippen LogP) is 5.30. The van der Waals surface area contributed by atoms with Crippen LogP contribution in [0.25, 0.3) is 10.8 Å². The Morgan fingerprint density at radius 3 is 2.50 bits per heavy atom. The van der Waals surface area contributed by atoms with Crippen LogP contribution in [-0.4, -0.2) is 11.6 Å². The molecule has 0 heterocycles. The molecule has 0 bridgehead atoms. The molecule has 0 unspecified atom stereocenters. The van der Waals surface area contributed by atoms with Gasteiger partial charge in [-0.15, -0.1) is 0 Å². The van der Waals surface area contributed by atoms with E-state index < -0.39 is 0 Å². The number of carbonyl (C=O) groups is 1. The molecule has 1 N–H and O–H groups in total. The van der Waals surface area contributed by atoms with Crippen molar-refractivity contribution in [2.45, 2.75) is 6.92 Å². The Morgan fingerprint density at radius 2 is 1.71 bits per heavy atom. The zero-order valence-corrected chi connectivity index (χ0v) is 14.4. The van der Waals surface area contributed by atoms with E-state index >= 15 is 0 Å². The van der Waals surface area contributed by atoms with Crippen molar-refractivity contribution in [3.63, 3.8) is 0 Å². The normalized spacial score (nSPS) is 11.5. The molecule has 1 amide bonds.